The van der Waals surface area contributed by atoms with E-state index >= 15 is 0 Å². The molecule has 0 spiro atoms. The summed E-state index contributed by atoms with van der Waals surface area (Å²) in [6.07, 6.45) is 1.14. The van der Waals surface area contributed by atoms with Crippen molar-refractivity contribution in [2.75, 3.05) is 13.2 Å². The number of carbonyl (C=O) groups is 2. The molecular formula is C32H28N2O4. The summed E-state index contributed by atoms with van der Waals surface area (Å²) in [4.78, 5) is 24.4. The molecule has 0 aromatic heterocycles. The molecule has 6 heteroatoms. The number of hydrogen-bond donors (Lipinski definition) is 2. The van der Waals surface area contributed by atoms with Crippen LogP contribution in [0.15, 0.2) is 91.0 Å². The summed E-state index contributed by atoms with van der Waals surface area (Å²) in [6, 6.07) is 30.0. The highest BCUT2D eigenvalue weighted by Gasteiger charge is 2.30. The molecule has 0 saturated heterocycles. The van der Waals surface area contributed by atoms with Gasteiger partial charge in [0.1, 0.15) is 12.4 Å². The van der Waals surface area contributed by atoms with Crippen LogP contribution in [-0.4, -0.2) is 25.2 Å². The second-order valence-electron chi connectivity index (χ2n) is 9.72. The highest BCUT2D eigenvalue weighted by atomic mass is 16.5. The first-order valence-electron chi connectivity index (χ1n) is 12.8. The van der Waals surface area contributed by atoms with Crippen molar-refractivity contribution in [1.29, 1.82) is 0 Å². The van der Waals surface area contributed by atoms with Crippen molar-refractivity contribution in [3.05, 3.63) is 124 Å². The van der Waals surface area contributed by atoms with Crippen LogP contribution in [0.1, 0.15) is 45.3 Å². The van der Waals surface area contributed by atoms with E-state index in [2.05, 4.69) is 41.7 Å². The van der Waals surface area contributed by atoms with Crippen molar-refractivity contribution >= 4 is 12.0 Å². The fourth-order valence-corrected chi connectivity index (χ4v) is 5.72. The van der Waals surface area contributed by atoms with Crippen LogP contribution in [0.5, 0.6) is 5.75 Å². The first-order valence-corrected chi connectivity index (χ1v) is 12.8. The number of fused-ring (bicyclic) bond motifs is 5. The van der Waals surface area contributed by atoms with Gasteiger partial charge in [-0.25, -0.2) is 4.79 Å². The zero-order valence-corrected chi connectivity index (χ0v) is 20.9. The number of aryl methyl sites for hydroxylation is 2. The van der Waals surface area contributed by atoms with E-state index in [0.29, 0.717) is 5.75 Å². The summed E-state index contributed by atoms with van der Waals surface area (Å²) in [5, 5.41) is 3.14. The Morgan fingerprint density at radius 2 is 1.37 bits per heavy atom. The molecule has 0 saturated carbocycles. The first kappa shape index (κ1) is 23.8. The van der Waals surface area contributed by atoms with Gasteiger partial charge in [-0.05, 0) is 69.5 Å². The van der Waals surface area contributed by atoms with E-state index in [1.807, 2.05) is 54.6 Å². The van der Waals surface area contributed by atoms with Gasteiger partial charge < -0.3 is 20.5 Å². The number of carbonyl (C=O) groups excluding carboxylic acids is 2. The Bertz CT molecular complexity index is 1480. The molecule has 2 aliphatic rings. The van der Waals surface area contributed by atoms with Gasteiger partial charge in [0, 0.05) is 5.92 Å². The Hall–Kier alpha value is -4.58. The van der Waals surface area contributed by atoms with Crippen LogP contribution in [0.25, 0.3) is 11.1 Å². The average molecular weight is 505 g/mol. The number of hydrogen-bond acceptors (Lipinski definition) is 4. The van der Waals surface area contributed by atoms with Gasteiger partial charge in [0.2, 0.25) is 0 Å². The molecule has 0 bridgehead atoms. The number of alkyl carbamates (subject to hydrolysis) is 1. The van der Waals surface area contributed by atoms with Crippen molar-refractivity contribution in [2.24, 2.45) is 5.73 Å². The van der Waals surface area contributed by atoms with E-state index in [9.17, 15) is 9.59 Å². The Balaban J connectivity index is 1.24. The number of nitrogens with one attached hydrogen (secondary N) is 1. The third-order valence-corrected chi connectivity index (χ3v) is 7.44. The van der Waals surface area contributed by atoms with Crippen molar-refractivity contribution in [1.82, 2.24) is 5.32 Å². The van der Waals surface area contributed by atoms with E-state index < -0.39 is 12.0 Å². The van der Waals surface area contributed by atoms with Gasteiger partial charge in [-0.1, -0.05) is 78.9 Å². The van der Waals surface area contributed by atoms with Gasteiger partial charge in [-0.2, -0.15) is 0 Å². The van der Waals surface area contributed by atoms with E-state index in [-0.39, 0.29) is 25.2 Å². The van der Waals surface area contributed by atoms with Crippen molar-refractivity contribution in [3.8, 4) is 16.9 Å². The monoisotopic (exact) mass is 504 g/mol. The van der Waals surface area contributed by atoms with Gasteiger partial charge in [0.25, 0.3) is 5.91 Å². The van der Waals surface area contributed by atoms with Gasteiger partial charge >= 0.3 is 6.09 Å². The number of benzene rings is 4. The number of nitrogens with two attached hydrogens (primary N) is 1. The summed E-state index contributed by atoms with van der Waals surface area (Å²) in [5.74, 6) is 0.0439. The molecule has 6 rings (SSSR count). The number of ether oxygens (including phenoxy) is 2. The second kappa shape index (κ2) is 10.1. The van der Waals surface area contributed by atoms with Crippen LogP contribution >= 0.6 is 0 Å². The second-order valence-corrected chi connectivity index (χ2v) is 9.72. The van der Waals surface area contributed by atoms with Crippen LogP contribution in [-0.2, 0) is 22.4 Å². The van der Waals surface area contributed by atoms with Gasteiger partial charge in [-0.3, -0.25) is 4.79 Å². The van der Waals surface area contributed by atoms with Crippen molar-refractivity contribution in [2.45, 2.75) is 24.8 Å². The maximum Gasteiger partial charge on any atom is 0.407 e. The van der Waals surface area contributed by atoms with Crippen molar-refractivity contribution in [3.63, 3.8) is 0 Å². The number of rotatable bonds is 6. The summed E-state index contributed by atoms with van der Waals surface area (Å²) < 4.78 is 11.4. The maximum absolute atomic E-state index is 13.3. The predicted octanol–water partition coefficient (Wildman–Crippen LogP) is 5.28. The lowest BCUT2D eigenvalue weighted by Crippen LogP contribution is -2.31. The molecule has 2 aliphatic carbocycles. The molecule has 4 aromatic rings. The lowest BCUT2D eigenvalue weighted by atomic mass is 9.94. The minimum atomic E-state index is -0.526. The fraction of sp³-hybridized carbons (Fsp3) is 0.188. The molecule has 0 aliphatic heterocycles. The molecule has 3 N–H and O–H groups in total. The third-order valence-electron chi connectivity index (χ3n) is 7.44. The van der Waals surface area contributed by atoms with Crippen molar-refractivity contribution < 1.29 is 19.1 Å². The molecule has 38 heavy (non-hydrogen) atoms. The average Bonchev–Trinajstić information content (AvgIpc) is 3.18. The van der Waals surface area contributed by atoms with Crippen LogP contribution in [0, 0.1) is 0 Å². The smallest absolute Gasteiger partial charge is 0.407 e. The molecule has 0 heterocycles. The predicted molar refractivity (Wildman–Crippen MR) is 145 cm³/mol. The SMILES string of the molecule is NC(=O)COc1ccc2c(c1)CCc1ccccc1C2NC(=O)OCC1c2ccccc2-c2ccccc21. The maximum atomic E-state index is 13.3. The molecule has 6 nitrogen and oxygen atoms in total. The lowest BCUT2D eigenvalue weighted by molar-refractivity contribution is -0.119. The Kier molecular flexibility index (Phi) is 6.30. The Morgan fingerprint density at radius 1 is 0.763 bits per heavy atom. The standard InChI is InChI=1S/C32H28N2O4/c33-30(35)19-37-22-15-16-24-21(17-22)14-13-20-7-1-2-8-23(20)31(24)34-32(36)38-18-29-27-11-5-3-9-25(27)26-10-4-6-12-28(26)29/h1-12,15-17,29,31H,13-14,18-19H2,(H2,33,35)(H,34,36). The molecular weight excluding hydrogens is 476 g/mol. The summed E-state index contributed by atoms with van der Waals surface area (Å²) in [6.45, 7) is 0.0709. The van der Waals surface area contributed by atoms with E-state index in [0.717, 1.165) is 29.5 Å². The molecule has 0 radical (unpaired) electrons. The highest BCUT2D eigenvalue weighted by Crippen LogP contribution is 2.44. The van der Waals surface area contributed by atoms with Crippen LogP contribution < -0.4 is 15.8 Å². The van der Waals surface area contributed by atoms with E-state index in [4.69, 9.17) is 15.2 Å². The third kappa shape index (κ3) is 4.50. The molecule has 0 fully saturated rings. The van der Waals surface area contributed by atoms with Gasteiger partial charge in [0.05, 0.1) is 6.04 Å². The quantitative estimate of drug-likeness (QED) is 0.374. The molecule has 1 atom stereocenters. The van der Waals surface area contributed by atoms with Crippen LogP contribution in [0.2, 0.25) is 0 Å². The minimum absolute atomic E-state index is 0.00758. The normalized spacial score (nSPS) is 15.3. The molecule has 1 unspecified atom stereocenters. The summed E-state index contributed by atoms with van der Waals surface area (Å²) >= 11 is 0. The first-order chi connectivity index (χ1) is 18.6. The lowest BCUT2D eigenvalue weighted by Gasteiger charge is -2.23. The van der Waals surface area contributed by atoms with Crippen LogP contribution in [0.3, 0.4) is 0 Å². The number of amides is 2. The van der Waals surface area contributed by atoms with Gasteiger partial charge in [0.15, 0.2) is 6.61 Å². The molecule has 4 aromatic carbocycles. The Labute approximate surface area is 221 Å². The van der Waals surface area contributed by atoms with E-state index in [1.54, 1.807) is 0 Å². The van der Waals surface area contributed by atoms with E-state index in [1.165, 1.54) is 27.8 Å². The van der Waals surface area contributed by atoms with Crippen LogP contribution in [0.4, 0.5) is 4.79 Å². The fourth-order valence-electron chi connectivity index (χ4n) is 5.72. The topological polar surface area (TPSA) is 90.7 Å². The zero-order valence-electron chi connectivity index (χ0n) is 20.9. The number of primary amides is 1. The molecule has 2 amide bonds. The largest absolute Gasteiger partial charge is 0.484 e. The Morgan fingerprint density at radius 3 is 2.08 bits per heavy atom. The molecule has 190 valence electrons. The summed E-state index contributed by atoms with van der Waals surface area (Å²) in [5.41, 5.74) is 14.2. The summed E-state index contributed by atoms with van der Waals surface area (Å²) in [7, 11) is 0. The zero-order chi connectivity index (χ0) is 26.1. The highest BCUT2D eigenvalue weighted by molar-refractivity contribution is 5.79. The van der Waals surface area contributed by atoms with Gasteiger partial charge in [-0.15, -0.1) is 0 Å². The minimum Gasteiger partial charge on any atom is -0.484 e.